The molecule has 2 nitrogen and oxygen atoms in total. The number of hydrogen-bond donors (Lipinski definition) is 0. The molecule has 0 spiro atoms. The predicted octanol–water partition coefficient (Wildman–Crippen LogP) is 4.00. The van der Waals surface area contributed by atoms with Crippen LogP contribution in [0.1, 0.15) is 30.1 Å². The lowest BCUT2D eigenvalue weighted by atomic mass is 10.0. The standard InChI is InChI=1S/C13H15BrO2/c1-4-9(2)7-12(15)10-5-6-13(16-3)11(14)8-10/h5-6,8H,2,4,7H2,1,3H3. The SMILES string of the molecule is C=C(CC)CC(=O)c1ccc(OC)c(Br)c1. The van der Waals surface area contributed by atoms with Gasteiger partial charge in [-0.15, -0.1) is 0 Å². The molecule has 0 unspecified atom stereocenters. The summed E-state index contributed by atoms with van der Waals surface area (Å²) in [5, 5.41) is 0. The van der Waals surface area contributed by atoms with Gasteiger partial charge in [-0.1, -0.05) is 19.1 Å². The summed E-state index contributed by atoms with van der Waals surface area (Å²) in [6.45, 7) is 5.84. The van der Waals surface area contributed by atoms with E-state index in [4.69, 9.17) is 4.74 Å². The van der Waals surface area contributed by atoms with Gasteiger partial charge in [0.15, 0.2) is 5.78 Å². The van der Waals surface area contributed by atoms with E-state index in [0.29, 0.717) is 12.0 Å². The summed E-state index contributed by atoms with van der Waals surface area (Å²) in [4.78, 5) is 11.8. The highest BCUT2D eigenvalue weighted by Gasteiger charge is 2.09. The van der Waals surface area contributed by atoms with Crippen molar-refractivity contribution in [2.24, 2.45) is 0 Å². The molecule has 0 aliphatic rings. The molecule has 0 aromatic heterocycles. The second kappa shape index (κ2) is 5.85. The first-order valence-corrected chi connectivity index (χ1v) is 5.91. The minimum absolute atomic E-state index is 0.0928. The average Bonchev–Trinajstić information content (AvgIpc) is 2.28. The Morgan fingerprint density at radius 1 is 1.50 bits per heavy atom. The van der Waals surface area contributed by atoms with Crippen LogP contribution in [0.2, 0.25) is 0 Å². The van der Waals surface area contributed by atoms with Crippen LogP contribution >= 0.6 is 15.9 Å². The van der Waals surface area contributed by atoms with Gasteiger partial charge in [0.1, 0.15) is 5.75 Å². The summed E-state index contributed by atoms with van der Waals surface area (Å²) >= 11 is 3.36. The summed E-state index contributed by atoms with van der Waals surface area (Å²) in [6.07, 6.45) is 1.25. The highest BCUT2D eigenvalue weighted by molar-refractivity contribution is 9.10. The lowest BCUT2D eigenvalue weighted by Crippen LogP contribution is -2.00. The van der Waals surface area contributed by atoms with Gasteiger partial charge in [-0.25, -0.2) is 0 Å². The number of carbonyl (C=O) groups is 1. The fraction of sp³-hybridized carbons (Fsp3) is 0.308. The second-order valence-corrected chi connectivity index (χ2v) is 4.41. The van der Waals surface area contributed by atoms with Crippen LogP contribution in [0, 0.1) is 0 Å². The third-order valence-corrected chi connectivity index (χ3v) is 3.00. The molecule has 1 rings (SSSR count). The minimum Gasteiger partial charge on any atom is -0.496 e. The number of Topliss-reactive ketones (excluding diaryl/α,β-unsaturated/α-hetero) is 1. The highest BCUT2D eigenvalue weighted by Crippen LogP contribution is 2.26. The average molecular weight is 283 g/mol. The molecule has 0 saturated carbocycles. The fourth-order valence-corrected chi connectivity index (χ4v) is 1.83. The molecule has 0 aliphatic heterocycles. The van der Waals surface area contributed by atoms with Crippen molar-refractivity contribution >= 4 is 21.7 Å². The summed E-state index contributed by atoms with van der Waals surface area (Å²) in [7, 11) is 1.60. The molecular formula is C13H15BrO2. The lowest BCUT2D eigenvalue weighted by molar-refractivity contribution is 0.0992. The molecule has 0 radical (unpaired) electrons. The van der Waals surface area contributed by atoms with Gasteiger partial charge in [0, 0.05) is 12.0 Å². The van der Waals surface area contributed by atoms with E-state index in [9.17, 15) is 4.79 Å². The van der Waals surface area contributed by atoms with E-state index in [2.05, 4.69) is 22.5 Å². The van der Waals surface area contributed by atoms with Crippen molar-refractivity contribution in [3.05, 3.63) is 40.4 Å². The zero-order valence-electron chi connectivity index (χ0n) is 9.55. The number of benzene rings is 1. The third kappa shape index (κ3) is 3.20. The maximum Gasteiger partial charge on any atom is 0.166 e. The van der Waals surface area contributed by atoms with Crippen LogP contribution in [-0.4, -0.2) is 12.9 Å². The Morgan fingerprint density at radius 3 is 2.69 bits per heavy atom. The molecule has 16 heavy (non-hydrogen) atoms. The van der Waals surface area contributed by atoms with Gasteiger partial charge in [0.05, 0.1) is 11.6 Å². The first-order valence-electron chi connectivity index (χ1n) is 5.11. The van der Waals surface area contributed by atoms with Crippen molar-refractivity contribution < 1.29 is 9.53 Å². The Bertz CT molecular complexity index is 410. The van der Waals surface area contributed by atoms with E-state index >= 15 is 0 Å². The first kappa shape index (κ1) is 13.0. The number of rotatable bonds is 5. The van der Waals surface area contributed by atoms with Crippen molar-refractivity contribution in [2.75, 3.05) is 7.11 Å². The Morgan fingerprint density at radius 2 is 2.19 bits per heavy atom. The fourth-order valence-electron chi connectivity index (χ4n) is 1.29. The van der Waals surface area contributed by atoms with E-state index in [0.717, 1.165) is 22.2 Å². The molecule has 86 valence electrons. The van der Waals surface area contributed by atoms with Gasteiger partial charge >= 0.3 is 0 Å². The van der Waals surface area contributed by atoms with E-state index in [1.54, 1.807) is 25.3 Å². The Hall–Kier alpha value is -1.09. The number of carbonyl (C=O) groups excluding carboxylic acids is 1. The third-order valence-electron chi connectivity index (χ3n) is 2.38. The monoisotopic (exact) mass is 282 g/mol. The first-order chi connectivity index (χ1) is 7.58. The topological polar surface area (TPSA) is 26.3 Å². The maximum absolute atomic E-state index is 11.8. The van der Waals surface area contributed by atoms with Gasteiger partial charge in [-0.2, -0.15) is 0 Å². The Labute approximate surface area is 104 Å². The molecule has 0 saturated heterocycles. The molecule has 1 aromatic carbocycles. The minimum atomic E-state index is 0.0928. The van der Waals surface area contributed by atoms with Crippen LogP contribution < -0.4 is 4.74 Å². The van der Waals surface area contributed by atoms with Crippen LogP contribution in [0.5, 0.6) is 5.75 Å². The van der Waals surface area contributed by atoms with Crippen molar-refractivity contribution in [3.63, 3.8) is 0 Å². The molecule has 0 N–H and O–H groups in total. The molecular weight excluding hydrogens is 268 g/mol. The number of ether oxygens (including phenoxy) is 1. The van der Waals surface area contributed by atoms with Gasteiger partial charge in [0.2, 0.25) is 0 Å². The highest BCUT2D eigenvalue weighted by atomic mass is 79.9. The Kier molecular flexibility index (Phi) is 4.74. The van der Waals surface area contributed by atoms with Crippen LogP contribution in [0.25, 0.3) is 0 Å². The molecule has 0 fully saturated rings. The maximum atomic E-state index is 11.8. The summed E-state index contributed by atoms with van der Waals surface area (Å²) in [6, 6.07) is 5.34. The molecule has 0 aliphatic carbocycles. The molecule has 0 bridgehead atoms. The number of ketones is 1. The zero-order valence-corrected chi connectivity index (χ0v) is 11.1. The quantitative estimate of drug-likeness (QED) is 0.603. The van der Waals surface area contributed by atoms with Gasteiger partial charge < -0.3 is 4.74 Å². The largest absolute Gasteiger partial charge is 0.496 e. The molecule has 0 atom stereocenters. The van der Waals surface area contributed by atoms with Crippen LogP contribution in [-0.2, 0) is 0 Å². The van der Waals surface area contributed by atoms with Crippen LogP contribution in [0.15, 0.2) is 34.8 Å². The van der Waals surface area contributed by atoms with E-state index < -0.39 is 0 Å². The smallest absolute Gasteiger partial charge is 0.166 e. The van der Waals surface area contributed by atoms with Gasteiger partial charge in [-0.05, 0) is 40.5 Å². The van der Waals surface area contributed by atoms with Gasteiger partial charge in [-0.3, -0.25) is 4.79 Å². The number of halogens is 1. The second-order valence-electron chi connectivity index (χ2n) is 3.55. The molecule has 0 amide bonds. The lowest BCUT2D eigenvalue weighted by Gasteiger charge is -2.06. The summed E-state index contributed by atoms with van der Waals surface area (Å²) < 4.78 is 5.90. The van der Waals surface area contributed by atoms with Crippen LogP contribution in [0.3, 0.4) is 0 Å². The summed E-state index contributed by atoms with van der Waals surface area (Å²) in [5.41, 5.74) is 1.64. The van der Waals surface area contributed by atoms with E-state index in [-0.39, 0.29) is 5.78 Å². The Balaban J connectivity index is 2.85. The molecule has 3 heteroatoms. The van der Waals surface area contributed by atoms with E-state index in [1.807, 2.05) is 6.92 Å². The van der Waals surface area contributed by atoms with Crippen molar-refractivity contribution in [3.8, 4) is 5.75 Å². The summed E-state index contributed by atoms with van der Waals surface area (Å²) in [5.74, 6) is 0.820. The number of allylic oxidation sites excluding steroid dienone is 1. The van der Waals surface area contributed by atoms with Crippen molar-refractivity contribution in [2.45, 2.75) is 19.8 Å². The number of methoxy groups -OCH3 is 1. The predicted molar refractivity (Wildman–Crippen MR) is 69.1 cm³/mol. The van der Waals surface area contributed by atoms with Crippen molar-refractivity contribution in [1.29, 1.82) is 0 Å². The zero-order chi connectivity index (χ0) is 12.1. The van der Waals surface area contributed by atoms with E-state index in [1.165, 1.54) is 0 Å². The van der Waals surface area contributed by atoms with Crippen molar-refractivity contribution in [1.82, 2.24) is 0 Å². The van der Waals surface area contributed by atoms with Crippen LogP contribution in [0.4, 0.5) is 0 Å². The normalized spacial score (nSPS) is 9.94. The number of hydrogen-bond acceptors (Lipinski definition) is 2. The molecule has 1 aromatic rings. The molecule has 0 heterocycles. The van der Waals surface area contributed by atoms with Gasteiger partial charge in [0.25, 0.3) is 0 Å².